The summed E-state index contributed by atoms with van der Waals surface area (Å²) in [7, 11) is -3.81. The molecule has 11 heteroatoms. The van der Waals surface area contributed by atoms with E-state index in [0.717, 1.165) is 17.2 Å². The summed E-state index contributed by atoms with van der Waals surface area (Å²) in [6.45, 7) is 2.50. The van der Waals surface area contributed by atoms with Gasteiger partial charge in [-0.2, -0.15) is 0 Å². The van der Waals surface area contributed by atoms with Gasteiger partial charge in [0.15, 0.2) is 12.4 Å². The third-order valence-corrected chi connectivity index (χ3v) is 6.94. The molecule has 171 valence electrons. The Morgan fingerprint density at radius 3 is 2.82 bits per heavy atom. The summed E-state index contributed by atoms with van der Waals surface area (Å²) in [6.07, 6.45) is 2.29. The number of para-hydroxylation sites is 1. The van der Waals surface area contributed by atoms with Gasteiger partial charge in [0.25, 0.3) is 5.56 Å². The molecule has 4 atom stereocenters. The van der Waals surface area contributed by atoms with Crippen molar-refractivity contribution in [1.29, 1.82) is 0 Å². The number of cyclic esters (lactones) is 1. The fourth-order valence-corrected chi connectivity index (χ4v) is 5.01. The first-order chi connectivity index (χ1) is 15.2. The monoisotopic (exact) mass is 547 g/mol. The van der Waals surface area contributed by atoms with Gasteiger partial charge in [0, 0.05) is 63.1 Å². The van der Waals surface area contributed by atoms with E-state index < -0.39 is 26.0 Å². The number of ether oxygens (including phenoxy) is 2. The van der Waals surface area contributed by atoms with Gasteiger partial charge in [-0.3, -0.25) is 18.9 Å². The number of carbonyl (C=O) groups excluding carboxylic acids is 1. The molecule has 0 aliphatic carbocycles. The Hall–Kier alpha value is -1.48. The van der Waals surface area contributed by atoms with Crippen LogP contribution >= 0.6 is 7.60 Å². The third-order valence-electron chi connectivity index (χ3n) is 6.35. The number of rotatable bonds is 5. The quantitative estimate of drug-likeness (QED) is 0.339. The van der Waals surface area contributed by atoms with Gasteiger partial charge in [-0.15, -0.1) is 0 Å². The smallest absolute Gasteiger partial charge is 0.343 e. The number of fused-ring (bicyclic) bond motifs is 5. The summed E-state index contributed by atoms with van der Waals surface area (Å²) >= 11 is 0. The van der Waals surface area contributed by atoms with E-state index in [1.807, 2.05) is 24.3 Å². The molecule has 0 bridgehead atoms. The van der Waals surface area contributed by atoms with E-state index >= 15 is 0 Å². The van der Waals surface area contributed by atoms with Crippen LogP contribution in [0.1, 0.15) is 36.2 Å². The maximum absolute atomic E-state index is 13.4. The van der Waals surface area contributed by atoms with Crippen LogP contribution in [0.2, 0.25) is 0 Å². The molecule has 1 N–H and O–H groups in total. The molecule has 3 aliphatic heterocycles. The average molecular weight is 547 g/mol. The van der Waals surface area contributed by atoms with Crippen LogP contribution in [-0.2, 0) is 74.8 Å². The molecule has 0 spiro atoms. The van der Waals surface area contributed by atoms with Crippen molar-refractivity contribution in [3.63, 3.8) is 0 Å². The first-order valence-electron chi connectivity index (χ1n) is 10.4. The molecule has 5 rings (SSSR count). The molecule has 1 aromatic carbocycles. The minimum absolute atomic E-state index is 0. The maximum atomic E-state index is 13.4. The van der Waals surface area contributed by atoms with E-state index in [-0.39, 0.29) is 63.3 Å². The summed E-state index contributed by atoms with van der Waals surface area (Å²) in [5.41, 5.74) is -0.376. The van der Waals surface area contributed by atoms with E-state index in [0.29, 0.717) is 23.4 Å². The van der Waals surface area contributed by atoms with E-state index in [9.17, 15) is 19.0 Å². The second-order valence-corrected chi connectivity index (χ2v) is 10.2. The topological polar surface area (TPSA) is 116 Å². The van der Waals surface area contributed by atoms with Gasteiger partial charge in [0.05, 0.1) is 17.0 Å². The Balaban J connectivity index is 0.00000259. The predicted molar refractivity (Wildman–Crippen MR) is 113 cm³/mol. The van der Waals surface area contributed by atoms with Crippen LogP contribution in [0.15, 0.2) is 40.1 Å². The Morgan fingerprint density at radius 2 is 2.09 bits per heavy atom. The molecule has 3 aliphatic rings. The Morgan fingerprint density at radius 1 is 1.33 bits per heavy atom. The zero-order chi connectivity index (χ0) is 22.7. The van der Waals surface area contributed by atoms with Crippen molar-refractivity contribution >= 4 is 19.6 Å². The summed E-state index contributed by atoms with van der Waals surface area (Å²) in [6, 6.07) is 9.37. The van der Waals surface area contributed by atoms with Crippen LogP contribution in [0.5, 0.6) is 0 Å². The maximum Gasteiger partial charge on any atom is 0.343 e. The molecule has 33 heavy (non-hydrogen) atoms. The number of hydrogen-bond acceptors (Lipinski definition) is 7. The molecule has 0 saturated heterocycles. The number of carbonyl (C=O) groups is 1. The average Bonchev–Trinajstić information content (AvgIpc) is 3.11. The minimum atomic E-state index is -3.81. The first kappa shape index (κ1) is 24.6. The summed E-state index contributed by atoms with van der Waals surface area (Å²) in [5.74, 6) is -0.630. The zero-order valence-corrected chi connectivity index (χ0v) is 22.0. The molecular weight excluding hydrogens is 524 g/mol. The number of nitrogens with zero attached hydrogens (tertiary/aromatic N) is 2. The fourth-order valence-electron chi connectivity index (χ4n) is 4.77. The predicted octanol–water partition coefficient (Wildman–Crippen LogP) is 1.10. The van der Waals surface area contributed by atoms with Gasteiger partial charge < -0.3 is 18.9 Å². The van der Waals surface area contributed by atoms with Crippen LogP contribution in [0.3, 0.4) is 0 Å². The third kappa shape index (κ3) is 4.13. The van der Waals surface area contributed by atoms with Crippen molar-refractivity contribution in [2.45, 2.75) is 38.1 Å². The van der Waals surface area contributed by atoms with Crippen LogP contribution in [0.25, 0.3) is 6.08 Å². The van der Waals surface area contributed by atoms with Gasteiger partial charge in [-0.1, -0.05) is 31.2 Å². The zero-order valence-electron chi connectivity index (χ0n) is 18.3. The Bertz CT molecular complexity index is 1350. The summed E-state index contributed by atoms with van der Waals surface area (Å²) in [5, 5.41) is 1.90. The van der Waals surface area contributed by atoms with Crippen LogP contribution in [0, 0.1) is 5.92 Å². The SMILES string of the molecule is CCC1(OCOP(C)(=O)O)C(=O)OCc2c1cc1n(c2=O)CC2C=c3ccccc3=NC12.[Y]. The number of aromatic nitrogens is 1. The summed E-state index contributed by atoms with van der Waals surface area (Å²) < 4.78 is 29.1. The minimum Gasteiger partial charge on any atom is -0.458 e. The largest absolute Gasteiger partial charge is 0.458 e. The van der Waals surface area contributed by atoms with E-state index in [1.165, 1.54) is 0 Å². The number of pyridine rings is 1. The molecule has 0 fully saturated rings. The molecule has 0 saturated carbocycles. The van der Waals surface area contributed by atoms with Crippen molar-refractivity contribution in [2.24, 2.45) is 10.9 Å². The van der Waals surface area contributed by atoms with Gasteiger partial charge >= 0.3 is 13.6 Å². The van der Waals surface area contributed by atoms with Crippen molar-refractivity contribution in [3.05, 3.63) is 68.1 Å². The molecule has 1 aromatic heterocycles. The van der Waals surface area contributed by atoms with Gasteiger partial charge in [-0.25, -0.2) is 4.79 Å². The van der Waals surface area contributed by atoms with Crippen LogP contribution in [0.4, 0.5) is 0 Å². The summed E-state index contributed by atoms with van der Waals surface area (Å²) in [4.78, 5) is 40.6. The van der Waals surface area contributed by atoms with E-state index in [4.69, 9.17) is 19.0 Å². The fraction of sp³-hybridized carbons (Fsp3) is 0.409. The molecule has 4 unspecified atom stereocenters. The van der Waals surface area contributed by atoms with Crippen molar-refractivity contribution in [1.82, 2.24) is 4.57 Å². The Labute approximate surface area is 214 Å². The van der Waals surface area contributed by atoms with Crippen LogP contribution < -0.4 is 16.1 Å². The molecule has 9 nitrogen and oxygen atoms in total. The van der Waals surface area contributed by atoms with Gasteiger partial charge in [0.1, 0.15) is 6.61 Å². The van der Waals surface area contributed by atoms with Gasteiger partial charge in [-0.05, 0) is 23.8 Å². The first-order valence-corrected chi connectivity index (χ1v) is 12.4. The molecule has 4 heterocycles. The van der Waals surface area contributed by atoms with Crippen molar-refractivity contribution in [3.8, 4) is 0 Å². The number of benzene rings is 1. The second-order valence-electron chi connectivity index (χ2n) is 8.29. The van der Waals surface area contributed by atoms with E-state index in [2.05, 4.69) is 6.08 Å². The number of hydrogen-bond donors (Lipinski definition) is 1. The van der Waals surface area contributed by atoms with Crippen molar-refractivity contribution < 1.29 is 61.0 Å². The second kappa shape index (κ2) is 8.95. The van der Waals surface area contributed by atoms with E-state index in [1.54, 1.807) is 17.6 Å². The normalized spacial score (nSPS) is 26.2. The van der Waals surface area contributed by atoms with Gasteiger partial charge in [0.2, 0.25) is 0 Å². The molecular formula is C22H23N2O7PY. The Kier molecular flexibility index (Phi) is 6.68. The molecule has 0 amide bonds. The van der Waals surface area contributed by atoms with Crippen LogP contribution in [-0.4, -0.2) is 28.9 Å². The molecule has 1 radical (unpaired) electrons. The van der Waals surface area contributed by atoms with Crippen molar-refractivity contribution in [2.75, 3.05) is 13.5 Å². The standard InChI is InChI=1S/C22H23N2O7P.Y/c1-3-22(30-12-31-32(2,27)28)16-9-18-19-14(8-13-6-4-5-7-17(13)23-19)10-24(18)20(25)15(16)11-29-21(22)26;/h4-9,14,19H,3,10-12H2,1-2H3,(H,27,28);. The molecule has 2 aromatic rings. The number of esters is 1.